The van der Waals surface area contributed by atoms with Crippen molar-refractivity contribution >= 4 is 34.6 Å². The Labute approximate surface area is 113 Å². The van der Waals surface area contributed by atoms with Crippen molar-refractivity contribution in [2.75, 3.05) is 0 Å². The second kappa shape index (κ2) is 5.37. The van der Waals surface area contributed by atoms with Crippen LogP contribution in [-0.4, -0.2) is 11.6 Å². The zero-order valence-corrected chi connectivity index (χ0v) is 11.4. The molecule has 2 rings (SSSR count). The maximum Gasteiger partial charge on any atom is 0.274 e. The molecule has 0 atom stereocenters. The molecule has 2 heterocycles. The van der Waals surface area contributed by atoms with Crippen LogP contribution in [0.1, 0.15) is 27.9 Å². The lowest BCUT2D eigenvalue weighted by Crippen LogP contribution is -2.19. The molecule has 0 aromatic carbocycles. The maximum atomic E-state index is 11.8. The first-order valence-corrected chi connectivity index (χ1v) is 6.42. The van der Waals surface area contributed by atoms with Crippen molar-refractivity contribution in [2.45, 2.75) is 13.8 Å². The van der Waals surface area contributed by atoms with Crippen LogP contribution >= 0.6 is 22.9 Å². The number of thiophene rings is 1. The van der Waals surface area contributed by atoms with Gasteiger partial charge in [0.05, 0.1) is 26.8 Å². The fraction of sp³-hybridized carbons (Fsp3) is 0.167. The smallest absolute Gasteiger partial charge is 0.274 e. The third-order valence-corrected chi connectivity index (χ3v) is 3.70. The van der Waals surface area contributed by atoms with E-state index in [-0.39, 0.29) is 5.91 Å². The van der Waals surface area contributed by atoms with Crippen LogP contribution in [-0.2, 0) is 0 Å². The summed E-state index contributed by atoms with van der Waals surface area (Å²) in [5.41, 5.74) is 3.68. The summed E-state index contributed by atoms with van der Waals surface area (Å²) in [6, 6.07) is 5.27. The van der Waals surface area contributed by atoms with Crippen LogP contribution in [0.3, 0.4) is 0 Å². The molecule has 1 N–H and O–H groups in total. The van der Waals surface area contributed by atoms with Crippen LogP contribution < -0.4 is 5.43 Å². The highest BCUT2D eigenvalue weighted by molar-refractivity contribution is 7.18. The van der Waals surface area contributed by atoms with E-state index in [0.717, 1.165) is 4.88 Å². The minimum atomic E-state index is -0.289. The van der Waals surface area contributed by atoms with Crippen molar-refractivity contribution in [2.24, 2.45) is 5.10 Å². The Hall–Kier alpha value is -1.59. The van der Waals surface area contributed by atoms with Gasteiger partial charge in [0.25, 0.3) is 5.91 Å². The van der Waals surface area contributed by atoms with Crippen LogP contribution in [0.4, 0.5) is 0 Å². The molecule has 0 spiro atoms. The average molecular weight is 283 g/mol. The Kier molecular flexibility index (Phi) is 3.84. The van der Waals surface area contributed by atoms with Crippen molar-refractivity contribution in [3.05, 3.63) is 45.0 Å². The fourth-order valence-electron chi connectivity index (χ4n) is 1.38. The molecule has 6 heteroatoms. The number of carbonyl (C=O) groups excluding carboxylic acids is 1. The van der Waals surface area contributed by atoms with E-state index in [9.17, 15) is 4.79 Å². The Morgan fingerprint density at radius 2 is 2.22 bits per heavy atom. The van der Waals surface area contributed by atoms with E-state index < -0.39 is 0 Å². The van der Waals surface area contributed by atoms with Gasteiger partial charge in [0, 0.05) is 0 Å². The van der Waals surface area contributed by atoms with Crippen LogP contribution in [0.5, 0.6) is 0 Å². The predicted molar refractivity (Wildman–Crippen MR) is 72.5 cm³/mol. The van der Waals surface area contributed by atoms with Crippen molar-refractivity contribution in [1.29, 1.82) is 0 Å². The van der Waals surface area contributed by atoms with Gasteiger partial charge in [0.1, 0.15) is 5.76 Å². The molecule has 0 aliphatic rings. The molecule has 2 aromatic heterocycles. The van der Waals surface area contributed by atoms with Crippen molar-refractivity contribution in [3.8, 4) is 0 Å². The Bertz CT molecular complexity index is 601. The van der Waals surface area contributed by atoms with E-state index >= 15 is 0 Å². The van der Waals surface area contributed by atoms with Gasteiger partial charge in [0.15, 0.2) is 0 Å². The number of hydrazone groups is 1. The zero-order chi connectivity index (χ0) is 13.1. The van der Waals surface area contributed by atoms with Crippen LogP contribution in [0.2, 0.25) is 4.34 Å². The maximum absolute atomic E-state index is 11.8. The molecule has 94 valence electrons. The summed E-state index contributed by atoms with van der Waals surface area (Å²) in [5, 5.41) is 4.03. The predicted octanol–water partition coefficient (Wildman–Crippen LogP) is 3.46. The van der Waals surface area contributed by atoms with Gasteiger partial charge in [0.2, 0.25) is 0 Å². The largest absolute Gasteiger partial charge is 0.469 e. The third-order valence-electron chi connectivity index (χ3n) is 2.36. The summed E-state index contributed by atoms with van der Waals surface area (Å²) < 4.78 is 5.75. The van der Waals surface area contributed by atoms with Crippen molar-refractivity contribution in [1.82, 2.24) is 5.43 Å². The van der Waals surface area contributed by atoms with E-state index in [1.807, 2.05) is 13.0 Å². The van der Waals surface area contributed by atoms with Crippen molar-refractivity contribution in [3.63, 3.8) is 0 Å². The first kappa shape index (κ1) is 12.9. The first-order chi connectivity index (χ1) is 8.58. The Balaban J connectivity index is 2.07. The van der Waals surface area contributed by atoms with E-state index in [2.05, 4.69) is 10.5 Å². The second-order valence-electron chi connectivity index (χ2n) is 3.63. The normalized spacial score (nSPS) is 11.6. The fourth-order valence-corrected chi connectivity index (χ4v) is 2.37. The lowest BCUT2D eigenvalue weighted by Gasteiger charge is -1.99. The average Bonchev–Trinajstić information content (AvgIpc) is 2.94. The number of hydrogen-bond donors (Lipinski definition) is 1. The molecule has 0 aliphatic heterocycles. The standard InChI is InChI=1S/C12H11ClN2O2S/c1-7(10-3-4-11(13)18-10)14-15-12(16)9-5-6-17-8(9)2/h3-6H,1-2H3,(H,15,16)/b14-7+. The first-order valence-electron chi connectivity index (χ1n) is 5.22. The molecule has 2 aromatic rings. The highest BCUT2D eigenvalue weighted by Crippen LogP contribution is 2.21. The van der Waals surface area contributed by atoms with E-state index in [0.29, 0.717) is 21.4 Å². The summed E-state index contributed by atoms with van der Waals surface area (Å²) in [7, 11) is 0. The molecule has 18 heavy (non-hydrogen) atoms. The molecule has 1 amide bonds. The number of nitrogens with zero attached hydrogens (tertiary/aromatic N) is 1. The highest BCUT2D eigenvalue weighted by Gasteiger charge is 2.10. The Morgan fingerprint density at radius 3 is 2.78 bits per heavy atom. The minimum absolute atomic E-state index is 0.289. The van der Waals surface area contributed by atoms with Gasteiger partial charge in [-0.05, 0) is 32.0 Å². The topological polar surface area (TPSA) is 54.6 Å². The summed E-state index contributed by atoms with van der Waals surface area (Å²) in [6.07, 6.45) is 1.47. The molecule has 0 bridgehead atoms. The molecule has 0 unspecified atom stereocenters. The monoisotopic (exact) mass is 282 g/mol. The molecule has 4 nitrogen and oxygen atoms in total. The minimum Gasteiger partial charge on any atom is -0.469 e. The summed E-state index contributed by atoms with van der Waals surface area (Å²) in [4.78, 5) is 12.7. The van der Waals surface area contributed by atoms with E-state index in [4.69, 9.17) is 16.0 Å². The summed E-state index contributed by atoms with van der Waals surface area (Å²) >= 11 is 7.25. The van der Waals surface area contributed by atoms with Gasteiger partial charge in [-0.15, -0.1) is 11.3 Å². The second-order valence-corrected chi connectivity index (χ2v) is 5.35. The zero-order valence-electron chi connectivity index (χ0n) is 9.86. The van der Waals surface area contributed by atoms with Crippen molar-refractivity contribution < 1.29 is 9.21 Å². The van der Waals surface area contributed by atoms with E-state index in [1.165, 1.54) is 17.6 Å². The van der Waals surface area contributed by atoms with Gasteiger partial charge in [-0.3, -0.25) is 4.79 Å². The van der Waals surface area contributed by atoms with Crippen LogP contribution in [0.25, 0.3) is 0 Å². The molecule has 0 aliphatic carbocycles. The van der Waals surface area contributed by atoms with Gasteiger partial charge in [-0.25, -0.2) is 5.43 Å². The number of halogens is 1. The van der Waals surface area contributed by atoms with Crippen LogP contribution in [0.15, 0.2) is 34.0 Å². The molecule has 0 saturated heterocycles. The number of aryl methyl sites for hydroxylation is 1. The molecular weight excluding hydrogens is 272 g/mol. The third kappa shape index (κ3) is 2.80. The summed E-state index contributed by atoms with van der Waals surface area (Å²) in [5.74, 6) is 0.280. The van der Waals surface area contributed by atoms with Gasteiger partial charge < -0.3 is 4.42 Å². The summed E-state index contributed by atoms with van der Waals surface area (Å²) in [6.45, 7) is 3.54. The lowest BCUT2D eigenvalue weighted by atomic mass is 10.2. The molecule has 0 fully saturated rings. The number of amides is 1. The van der Waals surface area contributed by atoms with Gasteiger partial charge >= 0.3 is 0 Å². The lowest BCUT2D eigenvalue weighted by molar-refractivity contribution is 0.0953. The number of furan rings is 1. The number of hydrogen-bond acceptors (Lipinski definition) is 4. The van der Waals surface area contributed by atoms with Gasteiger partial charge in [-0.1, -0.05) is 11.6 Å². The molecular formula is C12H11ClN2O2S. The SMILES string of the molecule is C/C(=N\NC(=O)c1ccoc1C)c1ccc(Cl)s1. The van der Waals surface area contributed by atoms with Crippen LogP contribution in [0, 0.1) is 6.92 Å². The molecule has 0 radical (unpaired) electrons. The molecule has 0 saturated carbocycles. The quantitative estimate of drug-likeness (QED) is 0.692. The number of nitrogens with one attached hydrogen (secondary N) is 1. The van der Waals surface area contributed by atoms with Gasteiger partial charge in [-0.2, -0.15) is 5.10 Å². The number of carbonyl (C=O) groups is 1. The van der Waals surface area contributed by atoms with E-state index in [1.54, 1.807) is 19.1 Å². The number of rotatable bonds is 3. The highest BCUT2D eigenvalue weighted by atomic mass is 35.5. The Morgan fingerprint density at radius 1 is 1.44 bits per heavy atom.